The number of nitrogens with zero attached hydrogens (tertiary/aromatic N) is 1. The second-order valence-corrected chi connectivity index (χ2v) is 5.49. The van der Waals surface area contributed by atoms with Crippen molar-refractivity contribution in [3.05, 3.63) is 33.8 Å². The summed E-state index contributed by atoms with van der Waals surface area (Å²) in [6.45, 7) is 0. The fourth-order valence-electron chi connectivity index (χ4n) is 2.43. The number of likely N-dealkylation sites (tertiary alicyclic amines) is 1. The summed E-state index contributed by atoms with van der Waals surface area (Å²) in [4.78, 5) is 13.6. The van der Waals surface area contributed by atoms with E-state index in [4.69, 9.17) is 28.9 Å². The van der Waals surface area contributed by atoms with E-state index < -0.39 is 0 Å². The van der Waals surface area contributed by atoms with Gasteiger partial charge >= 0.3 is 0 Å². The van der Waals surface area contributed by atoms with Crippen molar-refractivity contribution >= 4 is 29.1 Å². The summed E-state index contributed by atoms with van der Waals surface area (Å²) < 4.78 is 0. The van der Waals surface area contributed by atoms with E-state index in [2.05, 4.69) is 0 Å². The summed E-state index contributed by atoms with van der Waals surface area (Å²) in [5.74, 6) is 0.124. The Morgan fingerprint density at radius 1 is 1.33 bits per heavy atom. The summed E-state index contributed by atoms with van der Waals surface area (Å²) in [5.41, 5.74) is 7.12. The van der Waals surface area contributed by atoms with Crippen LogP contribution >= 0.6 is 23.2 Å². The first-order valence-corrected chi connectivity index (χ1v) is 6.72. The second-order valence-electron chi connectivity index (χ2n) is 4.68. The lowest BCUT2D eigenvalue weighted by atomic mass is 9.97. The SMILES string of the molecule is CN1C(=O)CCCC(N)C1c1ccc(Cl)c(Cl)c1. The Kier molecular flexibility index (Phi) is 4.15. The molecule has 5 heteroatoms. The van der Waals surface area contributed by atoms with Crippen LogP contribution in [0.2, 0.25) is 10.0 Å². The second kappa shape index (κ2) is 5.47. The zero-order valence-corrected chi connectivity index (χ0v) is 11.7. The van der Waals surface area contributed by atoms with E-state index in [-0.39, 0.29) is 18.0 Å². The molecule has 0 spiro atoms. The number of halogens is 2. The molecular weight excluding hydrogens is 271 g/mol. The molecule has 2 unspecified atom stereocenters. The van der Waals surface area contributed by atoms with Crippen LogP contribution in [0.4, 0.5) is 0 Å². The fraction of sp³-hybridized carbons (Fsp3) is 0.462. The smallest absolute Gasteiger partial charge is 0.222 e. The zero-order valence-electron chi connectivity index (χ0n) is 10.2. The summed E-state index contributed by atoms with van der Waals surface area (Å²) in [5, 5.41) is 1.00. The highest BCUT2D eigenvalue weighted by atomic mass is 35.5. The van der Waals surface area contributed by atoms with Crippen molar-refractivity contribution in [2.24, 2.45) is 5.73 Å². The van der Waals surface area contributed by atoms with Gasteiger partial charge in [0.2, 0.25) is 5.91 Å². The van der Waals surface area contributed by atoms with Gasteiger partial charge in [-0.25, -0.2) is 0 Å². The monoisotopic (exact) mass is 286 g/mol. The Bertz CT molecular complexity index is 464. The molecule has 2 atom stereocenters. The van der Waals surface area contributed by atoms with Crippen molar-refractivity contribution in [1.82, 2.24) is 4.90 Å². The van der Waals surface area contributed by atoms with Crippen LogP contribution in [0.3, 0.4) is 0 Å². The molecule has 0 radical (unpaired) electrons. The lowest BCUT2D eigenvalue weighted by Gasteiger charge is -2.31. The lowest BCUT2D eigenvalue weighted by molar-refractivity contribution is -0.131. The van der Waals surface area contributed by atoms with Crippen LogP contribution in [0.25, 0.3) is 0 Å². The lowest BCUT2D eigenvalue weighted by Crippen LogP contribution is -2.39. The highest BCUT2D eigenvalue weighted by Gasteiger charge is 2.30. The van der Waals surface area contributed by atoms with E-state index in [0.29, 0.717) is 16.5 Å². The van der Waals surface area contributed by atoms with Crippen LogP contribution in [0.15, 0.2) is 18.2 Å². The van der Waals surface area contributed by atoms with Gasteiger partial charge < -0.3 is 10.6 Å². The first-order chi connectivity index (χ1) is 8.50. The number of hydrogen-bond donors (Lipinski definition) is 1. The molecule has 0 saturated carbocycles. The Hall–Kier alpha value is -0.770. The maximum atomic E-state index is 11.9. The van der Waals surface area contributed by atoms with E-state index in [1.165, 1.54) is 0 Å². The van der Waals surface area contributed by atoms with E-state index in [0.717, 1.165) is 18.4 Å². The first-order valence-electron chi connectivity index (χ1n) is 5.97. The summed E-state index contributed by atoms with van der Waals surface area (Å²) >= 11 is 11.9. The average molecular weight is 287 g/mol. The molecule has 18 heavy (non-hydrogen) atoms. The Morgan fingerprint density at radius 2 is 2.06 bits per heavy atom. The zero-order chi connectivity index (χ0) is 13.3. The van der Waals surface area contributed by atoms with Gasteiger partial charge in [0.15, 0.2) is 0 Å². The predicted octanol–water partition coefficient (Wildman–Crippen LogP) is 3.00. The van der Waals surface area contributed by atoms with Gasteiger partial charge in [-0.3, -0.25) is 4.79 Å². The molecule has 1 aromatic rings. The van der Waals surface area contributed by atoms with Gasteiger partial charge in [0.1, 0.15) is 0 Å². The van der Waals surface area contributed by atoms with Crippen LogP contribution in [0.1, 0.15) is 30.9 Å². The maximum absolute atomic E-state index is 11.9. The predicted molar refractivity (Wildman–Crippen MR) is 73.8 cm³/mol. The molecule has 1 amide bonds. The minimum atomic E-state index is -0.130. The van der Waals surface area contributed by atoms with E-state index in [9.17, 15) is 4.79 Å². The molecule has 2 rings (SSSR count). The standard InChI is InChI=1S/C13H16Cl2N2O/c1-17-12(18)4-2-3-11(16)13(17)8-5-6-9(14)10(15)7-8/h5-7,11,13H,2-4,16H2,1H3. The minimum Gasteiger partial charge on any atom is -0.337 e. The van der Waals surface area contributed by atoms with Crippen LogP contribution in [-0.4, -0.2) is 23.9 Å². The molecular formula is C13H16Cl2N2O. The van der Waals surface area contributed by atoms with Gasteiger partial charge in [-0.2, -0.15) is 0 Å². The van der Waals surface area contributed by atoms with Crippen molar-refractivity contribution < 1.29 is 4.79 Å². The third-order valence-electron chi connectivity index (χ3n) is 3.43. The largest absolute Gasteiger partial charge is 0.337 e. The van der Waals surface area contributed by atoms with Crippen molar-refractivity contribution in [1.29, 1.82) is 0 Å². The van der Waals surface area contributed by atoms with Gasteiger partial charge in [-0.1, -0.05) is 29.3 Å². The van der Waals surface area contributed by atoms with Crippen LogP contribution in [0, 0.1) is 0 Å². The molecule has 1 saturated heterocycles. The maximum Gasteiger partial charge on any atom is 0.222 e. The van der Waals surface area contributed by atoms with Gasteiger partial charge in [-0.15, -0.1) is 0 Å². The third kappa shape index (κ3) is 2.63. The summed E-state index contributed by atoms with van der Waals surface area (Å²) in [6, 6.07) is 5.22. The Labute approximate surface area is 117 Å². The number of carbonyl (C=O) groups excluding carboxylic acids is 1. The van der Waals surface area contributed by atoms with E-state index in [1.54, 1.807) is 24.1 Å². The number of benzene rings is 1. The van der Waals surface area contributed by atoms with Gasteiger partial charge in [-0.05, 0) is 30.5 Å². The summed E-state index contributed by atoms with van der Waals surface area (Å²) in [6.07, 6.45) is 2.23. The Balaban J connectivity index is 2.38. The number of likely N-dealkylation sites (N-methyl/N-ethyl adjacent to an activating group) is 1. The van der Waals surface area contributed by atoms with Crippen LogP contribution < -0.4 is 5.73 Å². The van der Waals surface area contributed by atoms with E-state index in [1.807, 2.05) is 6.07 Å². The van der Waals surface area contributed by atoms with Gasteiger partial charge in [0.05, 0.1) is 16.1 Å². The highest BCUT2D eigenvalue weighted by molar-refractivity contribution is 6.42. The van der Waals surface area contributed by atoms with Crippen LogP contribution in [0.5, 0.6) is 0 Å². The van der Waals surface area contributed by atoms with Crippen molar-refractivity contribution in [2.75, 3.05) is 7.05 Å². The van der Waals surface area contributed by atoms with Gasteiger partial charge in [0.25, 0.3) is 0 Å². The number of hydrogen-bond acceptors (Lipinski definition) is 2. The molecule has 1 aromatic carbocycles. The molecule has 0 bridgehead atoms. The molecule has 3 nitrogen and oxygen atoms in total. The number of carbonyl (C=O) groups is 1. The fourth-order valence-corrected chi connectivity index (χ4v) is 2.74. The first kappa shape index (κ1) is 13.7. The average Bonchev–Trinajstić information content (AvgIpc) is 2.44. The van der Waals surface area contributed by atoms with E-state index >= 15 is 0 Å². The quantitative estimate of drug-likeness (QED) is 0.863. The molecule has 1 aliphatic heterocycles. The Morgan fingerprint density at radius 3 is 2.72 bits per heavy atom. The third-order valence-corrected chi connectivity index (χ3v) is 4.17. The minimum absolute atomic E-state index is 0.0707. The van der Waals surface area contributed by atoms with Crippen LogP contribution in [-0.2, 0) is 4.79 Å². The number of nitrogens with two attached hydrogens (primary N) is 1. The summed E-state index contributed by atoms with van der Waals surface area (Å²) in [7, 11) is 1.79. The van der Waals surface area contributed by atoms with Gasteiger partial charge in [0, 0.05) is 19.5 Å². The highest BCUT2D eigenvalue weighted by Crippen LogP contribution is 2.32. The molecule has 98 valence electrons. The van der Waals surface area contributed by atoms with Crippen molar-refractivity contribution in [3.63, 3.8) is 0 Å². The molecule has 2 N–H and O–H groups in total. The molecule has 0 aromatic heterocycles. The normalized spacial score (nSPS) is 25.1. The topological polar surface area (TPSA) is 46.3 Å². The molecule has 1 fully saturated rings. The number of rotatable bonds is 1. The molecule has 1 aliphatic rings. The van der Waals surface area contributed by atoms with Crippen molar-refractivity contribution in [3.8, 4) is 0 Å². The molecule has 0 aliphatic carbocycles. The molecule has 1 heterocycles. The number of amides is 1. The van der Waals surface area contributed by atoms with Crippen molar-refractivity contribution in [2.45, 2.75) is 31.3 Å².